The van der Waals surface area contributed by atoms with Crippen molar-refractivity contribution < 1.29 is 33.0 Å². The van der Waals surface area contributed by atoms with Gasteiger partial charge in [0, 0.05) is 11.3 Å². The molecule has 1 aromatic heterocycles. The molecule has 2 amide bonds. The number of ether oxygens (including phenoxy) is 3. The maximum Gasteiger partial charge on any atom is 0.412 e. The lowest BCUT2D eigenvalue weighted by Crippen LogP contribution is -2.44. The van der Waals surface area contributed by atoms with E-state index in [0.717, 1.165) is 0 Å². The zero-order chi connectivity index (χ0) is 20.4. The van der Waals surface area contributed by atoms with Crippen molar-refractivity contribution in [3.63, 3.8) is 0 Å². The van der Waals surface area contributed by atoms with Crippen LogP contribution in [0.25, 0.3) is 0 Å². The van der Waals surface area contributed by atoms with E-state index in [9.17, 15) is 14.4 Å². The van der Waals surface area contributed by atoms with Crippen LogP contribution in [-0.4, -0.2) is 55.4 Å². The smallest absolute Gasteiger partial charge is 0.412 e. The number of carbonyl (C=O) groups is 3. The molecule has 4 atom stereocenters. The van der Waals surface area contributed by atoms with Crippen molar-refractivity contribution in [1.29, 1.82) is 0 Å². The number of furan rings is 1. The van der Waals surface area contributed by atoms with Crippen LogP contribution in [0.5, 0.6) is 0 Å². The van der Waals surface area contributed by atoms with Crippen molar-refractivity contribution in [2.45, 2.75) is 31.3 Å². The number of carbonyl (C=O) groups excluding carboxylic acids is 3. The topological polar surface area (TPSA) is 116 Å². The predicted octanol–water partition coefficient (Wildman–Crippen LogP) is 2.00. The van der Waals surface area contributed by atoms with Crippen molar-refractivity contribution in [2.75, 3.05) is 18.5 Å². The number of nitrogens with one attached hydrogen (secondary N) is 2. The Hall–Kier alpha value is -3.17. The first-order chi connectivity index (χ1) is 14.0. The average Bonchev–Trinajstić information content (AvgIpc) is 3.42. The van der Waals surface area contributed by atoms with Crippen LogP contribution in [0.3, 0.4) is 0 Å². The lowest BCUT2D eigenvalue weighted by molar-refractivity contribution is 0.00860. The molecule has 9 heteroatoms. The highest BCUT2D eigenvalue weighted by Gasteiger charge is 2.50. The zero-order valence-electron chi connectivity index (χ0n) is 15.6. The van der Waals surface area contributed by atoms with Gasteiger partial charge in [0.15, 0.2) is 17.6 Å². The Morgan fingerprint density at radius 2 is 1.79 bits per heavy atom. The largest absolute Gasteiger partial charge is 0.459 e. The van der Waals surface area contributed by atoms with Crippen molar-refractivity contribution in [3.8, 4) is 0 Å². The summed E-state index contributed by atoms with van der Waals surface area (Å²) in [6.07, 6.45) is -0.710. The van der Waals surface area contributed by atoms with E-state index in [-0.39, 0.29) is 36.7 Å². The maximum absolute atomic E-state index is 12.2. The summed E-state index contributed by atoms with van der Waals surface area (Å²) in [6.45, 7) is 1.88. The second-order valence-electron chi connectivity index (χ2n) is 6.86. The van der Waals surface area contributed by atoms with Gasteiger partial charge in [-0.3, -0.25) is 14.9 Å². The lowest BCUT2D eigenvalue weighted by Gasteiger charge is -2.17. The predicted molar refractivity (Wildman–Crippen MR) is 99.8 cm³/mol. The van der Waals surface area contributed by atoms with E-state index < -0.39 is 24.4 Å². The molecule has 2 saturated heterocycles. The summed E-state index contributed by atoms with van der Waals surface area (Å²) < 4.78 is 21.9. The molecule has 4 rings (SSSR count). The Balaban J connectivity index is 1.30. The molecule has 0 bridgehead atoms. The Morgan fingerprint density at radius 1 is 1.03 bits per heavy atom. The van der Waals surface area contributed by atoms with Crippen LogP contribution < -0.4 is 10.6 Å². The zero-order valence-corrected chi connectivity index (χ0v) is 15.6. The molecule has 0 unspecified atom stereocenters. The number of anilines is 1. The Kier molecular flexibility index (Phi) is 5.32. The SMILES string of the molecule is CC(=O)c1ccc(NC(=O)O[C@H]2CO[C@@H]3[C@@H]2OC[C@@H]3NC(=O)c2ccco2)cc1. The summed E-state index contributed by atoms with van der Waals surface area (Å²) in [6, 6.07) is 9.32. The first-order valence-corrected chi connectivity index (χ1v) is 9.17. The van der Waals surface area contributed by atoms with Crippen molar-refractivity contribution in [2.24, 2.45) is 0 Å². The Labute approximate surface area is 166 Å². The van der Waals surface area contributed by atoms with E-state index in [4.69, 9.17) is 18.6 Å². The monoisotopic (exact) mass is 400 g/mol. The van der Waals surface area contributed by atoms with Crippen LogP contribution in [0.1, 0.15) is 27.8 Å². The number of hydrogen-bond acceptors (Lipinski definition) is 7. The lowest BCUT2D eigenvalue weighted by atomic mass is 10.1. The molecule has 9 nitrogen and oxygen atoms in total. The summed E-state index contributed by atoms with van der Waals surface area (Å²) in [4.78, 5) is 35.6. The number of amides is 2. The van der Waals surface area contributed by atoms with Crippen molar-refractivity contribution in [1.82, 2.24) is 5.32 Å². The van der Waals surface area contributed by atoms with Crippen LogP contribution >= 0.6 is 0 Å². The van der Waals surface area contributed by atoms with Crippen LogP contribution in [0.2, 0.25) is 0 Å². The number of fused-ring (bicyclic) bond motifs is 1. The van der Waals surface area contributed by atoms with Gasteiger partial charge in [0.05, 0.1) is 25.5 Å². The minimum Gasteiger partial charge on any atom is -0.459 e. The number of benzene rings is 1. The van der Waals surface area contributed by atoms with Crippen molar-refractivity contribution in [3.05, 3.63) is 54.0 Å². The molecule has 2 aliphatic rings. The summed E-state index contributed by atoms with van der Waals surface area (Å²) in [5.74, 6) is -0.210. The van der Waals surface area contributed by atoms with Gasteiger partial charge in [-0.25, -0.2) is 4.79 Å². The highest BCUT2D eigenvalue weighted by atomic mass is 16.6. The number of ketones is 1. The van der Waals surface area contributed by atoms with Gasteiger partial charge in [-0.1, -0.05) is 0 Å². The van der Waals surface area contributed by atoms with E-state index in [1.54, 1.807) is 36.4 Å². The Morgan fingerprint density at radius 3 is 2.48 bits per heavy atom. The van der Waals surface area contributed by atoms with Gasteiger partial charge >= 0.3 is 6.09 Å². The third-order valence-electron chi connectivity index (χ3n) is 4.87. The molecule has 2 N–H and O–H groups in total. The van der Waals surface area contributed by atoms with Crippen LogP contribution in [0.4, 0.5) is 10.5 Å². The van der Waals surface area contributed by atoms with Crippen LogP contribution in [0, 0.1) is 0 Å². The third kappa shape index (κ3) is 4.15. The molecular weight excluding hydrogens is 380 g/mol. The fourth-order valence-electron chi connectivity index (χ4n) is 3.41. The third-order valence-corrected chi connectivity index (χ3v) is 4.87. The standard InChI is InChI=1S/C20H20N2O7/c1-11(23)12-4-6-13(7-5-12)21-20(25)29-16-10-28-17-14(9-27-18(16)17)22-19(24)15-3-2-8-26-15/h2-8,14,16-18H,9-10H2,1H3,(H,21,25)(H,22,24)/t14-,16-,17-,18+/m0/s1. The van der Waals surface area contributed by atoms with Gasteiger partial charge in [-0.05, 0) is 43.3 Å². The summed E-state index contributed by atoms with van der Waals surface area (Å²) >= 11 is 0. The summed E-state index contributed by atoms with van der Waals surface area (Å²) in [5.41, 5.74) is 1.06. The van der Waals surface area contributed by atoms with Gasteiger partial charge in [-0.2, -0.15) is 0 Å². The fourth-order valence-corrected chi connectivity index (χ4v) is 3.41. The first kappa shape index (κ1) is 19.2. The summed E-state index contributed by atoms with van der Waals surface area (Å²) in [5, 5.41) is 5.43. The summed E-state index contributed by atoms with van der Waals surface area (Å²) in [7, 11) is 0. The normalized spacial score (nSPS) is 25.3. The molecule has 29 heavy (non-hydrogen) atoms. The van der Waals surface area contributed by atoms with E-state index in [1.165, 1.54) is 13.2 Å². The number of rotatable bonds is 5. The van der Waals surface area contributed by atoms with Gasteiger partial charge in [-0.15, -0.1) is 0 Å². The molecular formula is C20H20N2O7. The molecule has 1 aromatic carbocycles. The molecule has 2 aliphatic heterocycles. The molecule has 0 saturated carbocycles. The highest BCUT2D eigenvalue weighted by molar-refractivity contribution is 5.95. The molecule has 0 spiro atoms. The van der Waals surface area contributed by atoms with E-state index in [2.05, 4.69) is 10.6 Å². The average molecular weight is 400 g/mol. The maximum atomic E-state index is 12.2. The van der Waals surface area contributed by atoms with Crippen LogP contribution in [0.15, 0.2) is 47.1 Å². The number of Topliss-reactive ketones (excluding diaryl/α,β-unsaturated/α-hetero) is 1. The van der Waals surface area contributed by atoms with E-state index in [1.807, 2.05) is 0 Å². The minimum atomic E-state index is -0.651. The van der Waals surface area contributed by atoms with E-state index in [0.29, 0.717) is 11.3 Å². The van der Waals surface area contributed by atoms with Crippen LogP contribution in [-0.2, 0) is 14.2 Å². The quantitative estimate of drug-likeness (QED) is 0.738. The molecule has 0 aliphatic carbocycles. The Bertz CT molecular complexity index is 894. The van der Waals surface area contributed by atoms with Gasteiger partial charge in [0.25, 0.3) is 5.91 Å². The molecule has 0 radical (unpaired) electrons. The fraction of sp³-hybridized carbons (Fsp3) is 0.350. The minimum absolute atomic E-state index is 0.0552. The molecule has 2 aromatic rings. The van der Waals surface area contributed by atoms with Gasteiger partial charge in [0.1, 0.15) is 12.2 Å². The molecule has 152 valence electrons. The highest BCUT2D eigenvalue weighted by Crippen LogP contribution is 2.29. The molecule has 2 fully saturated rings. The van der Waals surface area contributed by atoms with Crippen molar-refractivity contribution >= 4 is 23.5 Å². The van der Waals surface area contributed by atoms with Gasteiger partial charge in [0.2, 0.25) is 0 Å². The van der Waals surface area contributed by atoms with Gasteiger partial charge < -0.3 is 23.9 Å². The van der Waals surface area contributed by atoms with E-state index >= 15 is 0 Å². The molecule has 3 heterocycles. The second kappa shape index (κ2) is 8.06. The second-order valence-corrected chi connectivity index (χ2v) is 6.86. The first-order valence-electron chi connectivity index (χ1n) is 9.17. The number of hydrogen-bond donors (Lipinski definition) is 2.